The minimum Gasteiger partial charge on any atom is -0.448 e. The van der Waals surface area contributed by atoms with E-state index in [0.717, 1.165) is 10.5 Å². The average Bonchev–Trinajstić information content (AvgIpc) is 3.64. The number of thiazole rings is 1. The van der Waals surface area contributed by atoms with Crippen molar-refractivity contribution in [3.63, 3.8) is 0 Å². The van der Waals surface area contributed by atoms with Gasteiger partial charge in [-0.2, -0.15) is 0 Å². The number of nitrogens with one attached hydrogen (secondary N) is 2. The van der Waals surface area contributed by atoms with Gasteiger partial charge in [-0.05, 0) is 57.4 Å². The normalized spacial score (nSPS) is 27.7. The number of hydrogen-bond donors (Lipinski definition) is 3. The molecule has 2 aromatic rings. The molecule has 17 heteroatoms. The molecule has 3 amide bonds. The number of esters is 1. The van der Waals surface area contributed by atoms with Gasteiger partial charge in [0.25, 0.3) is 0 Å². The quantitative estimate of drug-likeness (QED) is 0.211. The Balaban J connectivity index is 1.47. The number of likely N-dealkylation sites (N-methyl/N-ethyl adjacent to an activating group) is 1. The summed E-state index contributed by atoms with van der Waals surface area (Å²) in [5.41, 5.74) is -0.305. The molecule has 0 aliphatic carbocycles. The number of hydrogen-bond acceptors (Lipinski definition) is 13. The van der Waals surface area contributed by atoms with Gasteiger partial charge in [-0.1, -0.05) is 48.1 Å². The van der Waals surface area contributed by atoms with Gasteiger partial charge in [0.2, 0.25) is 16.9 Å². The standard InChI is InChI=1S/C35H40N4O10S3/c1-22-14-15-35(34(3,46)32(44)51-52(35)47)17-28(41)37-23(2)31-38-25(21-50-31)12-8-9-13-26(40)27(16-22)49-30(43)18-36-29(42)19-39(4)33(45)48-20-24-10-6-5-7-11-24/h5-13,16,21,23,27,46H,14-15,17-20H2,1-4H3,(H,36,42)(H,37,41)/b12-8-,13-9+,22-16+/t23-,27+,34-,35+,52?/m0/s1. The molecule has 1 saturated heterocycles. The van der Waals surface area contributed by atoms with Crippen molar-refractivity contribution in [2.24, 2.45) is 0 Å². The Morgan fingerprint density at radius 2 is 1.87 bits per heavy atom. The lowest BCUT2D eigenvalue weighted by atomic mass is 9.81. The van der Waals surface area contributed by atoms with Crippen molar-refractivity contribution < 1.29 is 47.6 Å². The van der Waals surface area contributed by atoms with Crippen molar-refractivity contribution in [3.05, 3.63) is 81.9 Å². The van der Waals surface area contributed by atoms with Gasteiger partial charge >= 0.3 is 12.1 Å². The minimum atomic E-state index is -2.11. The lowest BCUT2D eigenvalue weighted by Gasteiger charge is -2.36. The van der Waals surface area contributed by atoms with E-state index in [4.69, 9.17) is 9.47 Å². The van der Waals surface area contributed by atoms with Gasteiger partial charge in [0.05, 0.1) is 21.6 Å². The van der Waals surface area contributed by atoms with E-state index in [9.17, 15) is 38.1 Å². The Morgan fingerprint density at radius 3 is 2.56 bits per heavy atom. The van der Waals surface area contributed by atoms with Crippen molar-refractivity contribution >= 4 is 72.8 Å². The number of carbonyl (C=O) groups excluding carboxylic acids is 6. The van der Waals surface area contributed by atoms with Crippen molar-refractivity contribution in [3.8, 4) is 0 Å². The number of aromatic nitrogens is 1. The van der Waals surface area contributed by atoms with Gasteiger partial charge in [-0.15, -0.1) is 11.3 Å². The number of allylic oxidation sites excluding steroid dienone is 3. The van der Waals surface area contributed by atoms with E-state index < -0.39 is 86.6 Å². The van der Waals surface area contributed by atoms with E-state index in [2.05, 4.69) is 15.6 Å². The Morgan fingerprint density at radius 1 is 1.15 bits per heavy atom. The molecule has 2 bridgehead atoms. The molecule has 52 heavy (non-hydrogen) atoms. The molecular formula is C35H40N4O10S3. The first-order valence-corrected chi connectivity index (χ1v) is 19.5. The molecule has 2 aliphatic rings. The van der Waals surface area contributed by atoms with Crippen LogP contribution in [0.15, 0.2) is 65.6 Å². The topological polar surface area (TPSA) is 198 Å². The third-order valence-corrected chi connectivity index (χ3v) is 13.3. The second-order valence-electron chi connectivity index (χ2n) is 12.5. The van der Waals surface area contributed by atoms with Crippen LogP contribution in [0.25, 0.3) is 6.08 Å². The summed E-state index contributed by atoms with van der Waals surface area (Å²) < 4.78 is 22.4. The number of aliphatic hydroxyl groups is 1. The maximum atomic E-state index is 13.4. The molecule has 1 aromatic heterocycles. The van der Waals surface area contributed by atoms with Crippen LogP contribution >= 0.6 is 22.1 Å². The maximum Gasteiger partial charge on any atom is 0.410 e. The van der Waals surface area contributed by atoms with Gasteiger partial charge in [0.1, 0.15) is 35.1 Å². The van der Waals surface area contributed by atoms with Crippen molar-refractivity contribution in [2.45, 2.75) is 69.1 Å². The largest absolute Gasteiger partial charge is 0.448 e. The number of ether oxygens (including phenoxy) is 2. The van der Waals surface area contributed by atoms with Crippen LogP contribution in [0.4, 0.5) is 4.79 Å². The van der Waals surface area contributed by atoms with Crippen LogP contribution in [0.3, 0.4) is 0 Å². The van der Waals surface area contributed by atoms with Gasteiger partial charge in [-0.3, -0.25) is 24.0 Å². The third kappa shape index (κ3) is 10.3. The SMILES string of the molecule is C/C1=C\[C@@H](OC(=O)CNC(=O)CN(C)C(=O)OCc2ccccc2)C(=O)/C=C/C=C\c2csc(n2)[C@H](C)NC(=O)C[C@@]2(CC1)S(=O)SC(=O)[C@]2(C)O. The maximum absolute atomic E-state index is 13.4. The molecule has 5 atom stereocenters. The summed E-state index contributed by atoms with van der Waals surface area (Å²) in [6, 6.07) is 8.47. The number of fused-ring (bicyclic) bond motifs is 2. The summed E-state index contributed by atoms with van der Waals surface area (Å²) in [6.07, 6.45) is 4.62. The first kappa shape index (κ1) is 40.3. The van der Waals surface area contributed by atoms with Crippen molar-refractivity contribution in [2.75, 3.05) is 20.1 Å². The van der Waals surface area contributed by atoms with Crippen LogP contribution in [0.1, 0.15) is 62.3 Å². The lowest BCUT2D eigenvalue weighted by Crippen LogP contribution is -2.55. The molecule has 1 fully saturated rings. The predicted molar refractivity (Wildman–Crippen MR) is 196 cm³/mol. The van der Waals surface area contributed by atoms with Crippen molar-refractivity contribution in [1.29, 1.82) is 0 Å². The molecule has 1 unspecified atom stereocenters. The molecule has 14 nitrogen and oxygen atoms in total. The summed E-state index contributed by atoms with van der Waals surface area (Å²) in [5, 5.41) is 18.1. The van der Waals surface area contributed by atoms with Crippen LogP contribution in [0.2, 0.25) is 0 Å². The van der Waals surface area contributed by atoms with Gasteiger partial charge in [-0.25, -0.2) is 14.0 Å². The van der Waals surface area contributed by atoms with E-state index >= 15 is 0 Å². The average molecular weight is 773 g/mol. The summed E-state index contributed by atoms with van der Waals surface area (Å²) in [4.78, 5) is 82.5. The van der Waals surface area contributed by atoms with E-state index in [1.54, 1.807) is 55.6 Å². The number of rotatable bonds is 7. The first-order chi connectivity index (χ1) is 24.6. The fourth-order valence-electron chi connectivity index (χ4n) is 5.25. The number of nitrogens with zero attached hydrogens (tertiary/aromatic N) is 2. The van der Waals surface area contributed by atoms with Crippen LogP contribution in [0.5, 0.6) is 0 Å². The molecule has 1 spiro atoms. The zero-order valence-corrected chi connectivity index (χ0v) is 31.4. The van der Waals surface area contributed by atoms with Crippen LogP contribution in [-0.4, -0.2) is 90.6 Å². The number of carbonyl (C=O) groups is 6. The lowest BCUT2D eigenvalue weighted by molar-refractivity contribution is -0.150. The van der Waals surface area contributed by atoms with Crippen LogP contribution in [-0.2, 0) is 49.9 Å². The van der Waals surface area contributed by atoms with E-state index in [1.807, 2.05) is 6.07 Å². The molecule has 4 rings (SSSR count). The highest BCUT2D eigenvalue weighted by Crippen LogP contribution is 2.50. The van der Waals surface area contributed by atoms with E-state index in [1.165, 1.54) is 43.5 Å². The fraction of sp³-hybridized carbons (Fsp3) is 0.400. The molecule has 0 radical (unpaired) electrons. The van der Waals surface area contributed by atoms with Crippen LogP contribution < -0.4 is 10.6 Å². The molecule has 3 N–H and O–H groups in total. The highest BCUT2D eigenvalue weighted by atomic mass is 33.1. The highest BCUT2D eigenvalue weighted by molar-refractivity contribution is 8.76. The molecule has 1 aromatic carbocycles. The highest BCUT2D eigenvalue weighted by Gasteiger charge is 2.63. The fourth-order valence-corrected chi connectivity index (χ4v) is 9.99. The molecule has 278 valence electrons. The van der Waals surface area contributed by atoms with E-state index in [-0.39, 0.29) is 19.4 Å². The minimum absolute atomic E-state index is 0.0141. The summed E-state index contributed by atoms with van der Waals surface area (Å²) in [7, 11) is -0.156. The predicted octanol–water partition coefficient (Wildman–Crippen LogP) is 3.31. The second-order valence-corrected chi connectivity index (χ2v) is 16.6. The third-order valence-electron chi connectivity index (χ3n) is 8.35. The monoisotopic (exact) mass is 772 g/mol. The summed E-state index contributed by atoms with van der Waals surface area (Å²) in [5.74, 6) is -2.78. The zero-order valence-electron chi connectivity index (χ0n) is 29.0. The summed E-state index contributed by atoms with van der Waals surface area (Å²) >= 11 is 1.29. The van der Waals surface area contributed by atoms with Gasteiger partial charge < -0.3 is 30.1 Å². The van der Waals surface area contributed by atoms with Gasteiger partial charge in [0, 0.05) is 29.6 Å². The Kier molecular flexibility index (Phi) is 13.8. The van der Waals surface area contributed by atoms with Gasteiger partial charge in [0.15, 0.2) is 11.9 Å². The molecular weight excluding hydrogens is 733 g/mol. The van der Waals surface area contributed by atoms with Crippen molar-refractivity contribution in [1.82, 2.24) is 20.5 Å². The summed E-state index contributed by atoms with van der Waals surface area (Å²) in [6.45, 7) is 3.59. The smallest absolute Gasteiger partial charge is 0.410 e. The Bertz CT molecular complexity index is 1810. The number of ketones is 1. The van der Waals surface area contributed by atoms with E-state index in [0.29, 0.717) is 27.1 Å². The number of amides is 3. The Labute approximate surface area is 311 Å². The molecule has 0 saturated carbocycles. The Hall–Kier alpha value is -4.45. The zero-order chi connectivity index (χ0) is 38.1. The first-order valence-electron chi connectivity index (χ1n) is 16.2. The molecule has 2 aliphatic heterocycles. The number of benzene rings is 1. The molecule has 3 heterocycles. The van der Waals surface area contributed by atoms with Crippen LogP contribution in [0, 0.1) is 0 Å². The second kappa shape index (κ2) is 17.9.